The van der Waals surface area contributed by atoms with Crippen LogP contribution in [0.1, 0.15) is 29.0 Å². The van der Waals surface area contributed by atoms with Gasteiger partial charge in [-0.15, -0.1) is 0 Å². The largest absolute Gasteiger partial charge is 0.454 e. The second kappa shape index (κ2) is 14.8. The van der Waals surface area contributed by atoms with Crippen molar-refractivity contribution in [2.45, 2.75) is 43.3 Å². The molecule has 4 N–H and O–H groups in total. The topological polar surface area (TPSA) is 124 Å². The van der Waals surface area contributed by atoms with Gasteiger partial charge in [0.2, 0.25) is 12.7 Å². The van der Waals surface area contributed by atoms with E-state index in [2.05, 4.69) is 10.6 Å². The molecule has 0 saturated carbocycles. The molecular weight excluding hydrogens is 648 g/mol. The van der Waals surface area contributed by atoms with E-state index in [0.29, 0.717) is 33.4 Å². The normalized spacial score (nSPS) is 18.7. The van der Waals surface area contributed by atoms with Gasteiger partial charge in [0.1, 0.15) is 12.4 Å². The minimum atomic E-state index is -4.56. The maximum Gasteiger partial charge on any atom is 0.411 e. The molecule has 0 radical (unpaired) electrons. The first-order chi connectivity index (χ1) is 22.4. The molecule has 0 aliphatic carbocycles. The van der Waals surface area contributed by atoms with Gasteiger partial charge >= 0.3 is 12.3 Å². The van der Waals surface area contributed by atoms with Gasteiger partial charge in [0, 0.05) is 35.8 Å². The van der Waals surface area contributed by atoms with Gasteiger partial charge in [0.15, 0.2) is 17.7 Å². The van der Waals surface area contributed by atoms with Gasteiger partial charge in [-0.05, 0) is 60.4 Å². The number of carbonyl (C=O) groups excluding carboxylic acids is 2. The molecule has 2 aliphatic heterocycles. The smallest absolute Gasteiger partial charge is 0.411 e. The predicted octanol–water partition coefficient (Wildman–Crippen LogP) is 5.18. The second-order valence-electron chi connectivity index (χ2n) is 11.2. The Balaban J connectivity index is 1.22. The highest BCUT2D eigenvalue weighted by atomic mass is 35.5. The molecule has 2 heterocycles. The molecule has 1 fully saturated rings. The number of fused-ring (bicyclic) bond motifs is 1. The zero-order valence-electron chi connectivity index (χ0n) is 25.2. The van der Waals surface area contributed by atoms with Crippen molar-refractivity contribution >= 4 is 29.3 Å². The van der Waals surface area contributed by atoms with Crippen LogP contribution in [0.2, 0.25) is 5.02 Å². The van der Waals surface area contributed by atoms with Crippen molar-refractivity contribution in [2.24, 2.45) is 5.73 Å². The Kier molecular flexibility index (Phi) is 10.7. The monoisotopic (exact) mass is 680 g/mol. The van der Waals surface area contributed by atoms with E-state index in [-0.39, 0.29) is 37.6 Å². The first-order valence-corrected chi connectivity index (χ1v) is 15.1. The van der Waals surface area contributed by atoms with Gasteiger partial charge in [-0.25, -0.2) is 9.18 Å². The Hall–Kier alpha value is -4.11. The average molecular weight is 681 g/mol. The van der Waals surface area contributed by atoms with Crippen LogP contribution in [0.3, 0.4) is 0 Å². The van der Waals surface area contributed by atoms with Crippen LogP contribution in [-0.4, -0.2) is 75.0 Å². The first-order valence-electron chi connectivity index (χ1n) is 14.7. The zero-order valence-corrected chi connectivity index (χ0v) is 25.9. The number of ether oxygens (including phenoxy) is 4. The van der Waals surface area contributed by atoms with Crippen molar-refractivity contribution in [1.29, 1.82) is 0 Å². The molecule has 3 aromatic rings. The number of anilines is 1. The first kappa shape index (κ1) is 34.2. The van der Waals surface area contributed by atoms with Crippen molar-refractivity contribution in [3.05, 3.63) is 88.2 Å². The van der Waals surface area contributed by atoms with Crippen LogP contribution in [0, 0.1) is 5.82 Å². The summed E-state index contributed by atoms with van der Waals surface area (Å²) in [4.78, 5) is 26.0. The highest BCUT2D eigenvalue weighted by molar-refractivity contribution is 6.30. The summed E-state index contributed by atoms with van der Waals surface area (Å²) in [6.45, 7) is -1.29. The number of nitrogens with one attached hydrogen (secondary N) is 2. The van der Waals surface area contributed by atoms with Crippen LogP contribution < -0.4 is 25.8 Å². The zero-order chi connectivity index (χ0) is 33.7. The molecule has 0 aromatic heterocycles. The van der Waals surface area contributed by atoms with Crippen molar-refractivity contribution in [1.82, 2.24) is 10.2 Å². The number of nitrogens with zero attached hydrogens (tertiary/aromatic N) is 1. The lowest BCUT2D eigenvalue weighted by Crippen LogP contribution is -2.50. The van der Waals surface area contributed by atoms with E-state index < -0.39 is 54.8 Å². The summed E-state index contributed by atoms with van der Waals surface area (Å²) in [5.41, 5.74) is 8.52. The number of rotatable bonds is 10. The Bertz CT molecular complexity index is 1570. The molecule has 2 aliphatic rings. The van der Waals surface area contributed by atoms with Crippen LogP contribution in [0.15, 0.2) is 60.7 Å². The van der Waals surface area contributed by atoms with Gasteiger partial charge < -0.3 is 34.9 Å². The Morgan fingerprint density at radius 1 is 1.11 bits per heavy atom. The van der Waals surface area contributed by atoms with E-state index in [0.717, 1.165) is 12.6 Å². The maximum absolute atomic E-state index is 15.1. The van der Waals surface area contributed by atoms with E-state index in [1.165, 1.54) is 12.1 Å². The van der Waals surface area contributed by atoms with Crippen LogP contribution >= 0.6 is 11.6 Å². The molecule has 0 spiro atoms. The quantitative estimate of drug-likeness (QED) is 0.250. The van der Waals surface area contributed by atoms with Crippen LogP contribution in [-0.2, 0) is 20.7 Å². The van der Waals surface area contributed by atoms with Crippen molar-refractivity contribution in [3.63, 3.8) is 0 Å². The molecule has 47 heavy (non-hydrogen) atoms. The summed E-state index contributed by atoms with van der Waals surface area (Å²) in [6.07, 6.45) is -6.59. The maximum atomic E-state index is 15.1. The van der Waals surface area contributed by atoms with Gasteiger partial charge in [0.25, 0.3) is 0 Å². The molecule has 4 atom stereocenters. The molecule has 15 heteroatoms. The van der Waals surface area contributed by atoms with Crippen molar-refractivity contribution in [2.75, 3.05) is 38.9 Å². The van der Waals surface area contributed by atoms with Gasteiger partial charge in [0.05, 0.1) is 18.8 Å². The fraction of sp³-hybridized carbons (Fsp3) is 0.375. The summed E-state index contributed by atoms with van der Waals surface area (Å²) in [5, 5.41) is 6.22. The fourth-order valence-electron chi connectivity index (χ4n) is 5.40. The number of alkyl halides is 3. The summed E-state index contributed by atoms with van der Waals surface area (Å²) < 4.78 is 74.5. The summed E-state index contributed by atoms with van der Waals surface area (Å²) in [5.74, 6) is -0.599. The number of halogens is 5. The van der Waals surface area contributed by atoms with Crippen molar-refractivity contribution in [3.8, 4) is 11.5 Å². The van der Waals surface area contributed by atoms with Crippen LogP contribution in [0.4, 0.5) is 28.0 Å². The van der Waals surface area contributed by atoms with Gasteiger partial charge in [-0.3, -0.25) is 10.1 Å². The molecule has 3 aromatic carbocycles. The lowest BCUT2D eigenvalue weighted by atomic mass is 9.84. The third-order valence-corrected chi connectivity index (χ3v) is 8.02. The van der Waals surface area contributed by atoms with Crippen LogP contribution in [0.5, 0.6) is 11.5 Å². The molecular formula is C32H33ClF4N4O6. The van der Waals surface area contributed by atoms with Crippen molar-refractivity contribution < 1.29 is 46.1 Å². The summed E-state index contributed by atoms with van der Waals surface area (Å²) in [7, 11) is 0.981. The number of hydrogen-bond acceptors (Lipinski definition) is 8. The van der Waals surface area contributed by atoms with E-state index in [1.807, 2.05) is 0 Å². The number of morpholine rings is 1. The number of amides is 2. The van der Waals surface area contributed by atoms with E-state index in [4.69, 9.17) is 36.3 Å². The summed E-state index contributed by atoms with van der Waals surface area (Å²) >= 11 is 6.11. The lowest BCUT2D eigenvalue weighted by molar-refractivity contribution is -0.143. The predicted molar refractivity (Wildman–Crippen MR) is 164 cm³/mol. The number of carbonyl (C=O) groups is 2. The third-order valence-electron chi connectivity index (χ3n) is 7.77. The third kappa shape index (κ3) is 8.83. The Morgan fingerprint density at radius 2 is 1.83 bits per heavy atom. The number of benzene rings is 3. The summed E-state index contributed by atoms with van der Waals surface area (Å²) in [6, 6.07) is 15.5. The Labute approximate surface area is 273 Å². The molecule has 252 valence electrons. The molecule has 5 rings (SSSR count). The number of nitrogens with two attached hydrogens (primary N) is 1. The van der Waals surface area contributed by atoms with Gasteiger partial charge in [-0.2, -0.15) is 13.2 Å². The Morgan fingerprint density at radius 3 is 2.53 bits per heavy atom. The molecule has 0 unspecified atom stereocenters. The minimum absolute atomic E-state index is 0.0816. The second-order valence-corrected chi connectivity index (χ2v) is 11.6. The van der Waals surface area contributed by atoms with E-state index in [9.17, 15) is 22.8 Å². The van der Waals surface area contributed by atoms with E-state index in [1.54, 1.807) is 48.5 Å². The minimum Gasteiger partial charge on any atom is -0.454 e. The molecule has 0 bridgehead atoms. The highest BCUT2D eigenvalue weighted by Crippen LogP contribution is 2.38. The molecule has 2 amide bonds. The fourth-order valence-corrected chi connectivity index (χ4v) is 5.52. The molecule has 10 nitrogen and oxygen atoms in total. The van der Waals surface area contributed by atoms with Gasteiger partial charge in [-0.1, -0.05) is 35.9 Å². The average Bonchev–Trinajstić information content (AvgIpc) is 3.50. The standard InChI is InChI=1S/C32H33ClF4N4O6/c1-41(16-32(35,36)37)31(43)47-27-15-44-21(14-39-27)10-11-22-23(34)3-2-4-24(22)40-30(42)29(38)28(18-5-8-20(33)9-6-18)19-7-12-25-26(13-19)46-17-45-25/h2-9,12-13,21,27-29,39H,10-11,14-17,38H2,1H3,(H,40,42)/t21-,27+,28-,29+/m1/s1. The highest BCUT2D eigenvalue weighted by Gasteiger charge is 2.34. The SMILES string of the molecule is CN(CC(F)(F)F)C(=O)O[C@H]1CO[C@H](CCc2c(F)cccc2NC(=O)[C@@H](N)[C@H](c2ccc(Cl)cc2)c2ccc3c(c2)OCO3)CN1. The molecule has 1 saturated heterocycles. The number of hydrogen-bond donors (Lipinski definition) is 3. The van der Waals surface area contributed by atoms with Crippen LogP contribution in [0.25, 0.3) is 0 Å². The lowest BCUT2D eigenvalue weighted by Gasteiger charge is -2.31. The van der Waals surface area contributed by atoms with E-state index >= 15 is 4.39 Å².